The van der Waals surface area contributed by atoms with Gasteiger partial charge < -0.3 is 9.88 Å². The van der Waals surface area contributed by atoms with E-state index < -0.39 is 0 Å². The zero-order valence-corrected chi connectivity index (χ0v) is 10.6. The number of fused-ring (bicyclic) bond motifs is 1. The first-order chi connectivity index (χ1) is 7.59. The van der Waals surface area contributed by atoms with Crippen LogP contribution in [0.1, 0.15) is 24.3 Å². The molecule has 0 spiro atoms. The number of carbonyl (C=O) groups excluding carboxylic acids is 1. The predicted molar refractivity (Wildman–Crippen MR) is 68.0 cm³/mol. The van der Waals surface area contributed by atoms with Crippen LogP contribution in [-0.2, 0) is 7.05 Å². The first-order valence-corrected chi connectivity index (χ1v) is 6.28. The quantitative estimate of drug-likeness (QED) is 0.873. The first-order valence-electron chi connectivity index (χ1n) is 5.40. The summed E-state index contributed by atoms with van der Waals surface area (Å²) in [5.74, 6) is 0.491. The van der Waals surface area contributed by atoms with Crippen molar-refractivity contribution in [1.29, 1.82) is 0 Å². The van der Waals surface area contributed by atoms with Gasteiger partial charge in [0.1, 0.15) is 5.69 Å². The highest BCUT2D eigenvalue weighted by Crippen LogP contribution is 2.23. The monoisotopic (exact) mass is 236 g/mol. The molecule has 2 aromatic heterocycles. The van der Waals surface area contributed by atoms with Gasteiger partial charge in [0, 0.05) is 13.6 Å². The number of nitrogens with one attached hydrogen (secondary N) is 1. The number of rotatable bonds is 3. The molecule has 0 aliphatic carbocycles. The van der Waals surface area contributed by atoms with Gasteiger partial charge in [-0.05, 0) is 23.4 Å². The molecule has 0 radical (unpaired) electrons. The Hall–Kier alpha value is -1.29. The third-order valence-electron chi connectivity index (χ3n) is 2.57. The number of aromatic nitrogens is 1. The maximum Gasteiger partial charge on any atom is 0.267 e. The molecular weight excluding hydrogens is 220 g/mol. The summed E-state index contributed by atoms with van der Waals surface area (Å²) in [6, 6.07) is 3.99. The summed E-state index contributed by atoms with van der Waals surface area (Å²) in [5.41, 5.74) is 1.86. The molecule has 4 heteroatoms. The second-order valence-corrected chi connectivity index (χ2v) is 5.31. The summed E-state index contributed by atoms with van der Waals surface area (Å²) in [6.45, 7) is 4.89. The molecule has 0 fully saturated rings. The highest BCUT2D eigenvalue weighted by atomic mass is 32.1. The molecule has 0 saturated carbocycles. The summed E-state index contributed by atoms with van der Waals surface area (Å²) >= 11 is 1.66. The molecule has 2 heterocycles. The lowest BCUT2D eigenvalue weighted by molar-refractivity contribution is 0.0941. The standard InChI is InChI=1S/C12H16N2OS/c1-8(2)7-13-12(15)10-6-11-9(14(10)3)4-5-16-11/h4-6,8H,7H2,1-3H3,(H,13,15). The van der Waals surface area contributed by atoms with Gasteiger partial charge in [-0.15, -0.1) is 11.3 Å². The van der Waals surface area contributed by atoms with Crippen molar-refractivity contribution in [3.8, 4) is 0 Å². The third-order valence-corrected chi connectivity index (χ3v) is 3.42. The van der Waals surface area contributed by atoms with Gasteiger partial charge in [0.15, 0.2) is 0 Å². The van der Waals surface area contributed by atoms with Crippen LogP contribution in [0.3, 0.4) is 0 Å². The molecule has 0 aromatic carbocycles. The van der Waals surface area contributed by atoms with E-state index in [2.05, 4.69) is 19.2 Å². The van der Waals surface area contributed by atoms with Crippen molar-refractivity contribution in [2.75, 3.05) is 6.54 Å². The van der Waals surface area contributed by atoms with Crippen molar-refractivity contribution in [2.24, 2.45) is 13.0 Å². The Morgan fingerprint density at radius 1 is 1.56 bits per heavy atom. The minimum absolute atomic E-state index is 0.0135. The van der Waals surface area contributed by atoms with Crippen molar-refractivity contribution in [2.45, 2.75) is 13.8 Å². The maximum atomic E-state index is 11.9. The van der Waals surface area contributed by atoms with Gasteiger partial charge in [-0.2, -0.15) is 0 Å². The molecule has 16 heavy (non-hydrogen) atoms. The molecular formula is C12H16N2OS. The topological polar surface area (TPSA) is 34.0 Å². The summed E-state index contributed by atoms with van der Waals surface area (Å²) in [5, 5.41) is 4.98. The second-order valence-electron chi connectivity index (χ2n) is 4.36. The van der Waals surface area contributed by atoms with Gasteiger partial charge >= 0.3 is 0 Å². The van der Waals surface area contributed by atoms with Crippen LogP contribution in [0.5, 0.6) is 0 Å². The zero-order valence-electron chi connectivity index (χ0n) is 9.78. The Kier molecular flexibility index (Phi) is 3.01. The van der Waals surface area contributed by atoms with Crippen molar-refractivity contribution in [1.82, 2.24) is 9.88 Å². The van der Waals surface area contributed by atoms with Crippen molar-refractivity contribution >= 4 is 27.5 Å². The van der Waals surface area contributed by atoms with E-state index in [4.69, 9.17) is 0 Å². The van der Waals surface area contributed by atoms with E-state index in [-0.39, 0.29) is 5.91 Å². The lowest BCUT2D eigenvalue weighted by Gasteiger charge is -2.08. The molecule has 0 bridgehead atoms. The van der Waals surface area contributed by atoms with E-state index in [1.807, 2.05) is 29.1 Å². The van der Waals surface area contributed by atoms with Gasteiger partial charge in [0.05, 0.1) is 10.2 Å². The molecule has 1 amide bonds. The highest BCUT2D eigenvalue weighted by Gasteiger charge is 2.13. The van der Waals surface area contributed by atoms with Crippen LogP contribution in [0.25, 0.3) is 10.2 Å². The number of nitrogens with zero attached hydrogens (tertiary/aromatic N) is 1. The van der Waals surface area contributed by atoms with Crippen molar-refractivity contribution < 1.29 is 4.79 Å². The molecule has 3 nitrogen and oxygen atoms in total. The molecule has 0 aliphatic heterocycles. The molecule has 1 N–H and O–H groups in total. The number of aryl methyl sites for hydroxylation is 1. The van der Waals surface area contributed by atoms with Gasteiger partial charge in [-0.1, -0.05) is 13.8 Å². The first kappa shape index (κ1) is 11.2. The second kappa shape index (κ2) is 4.29. The highest BCUT2D eigenvalue weighted by molar-refractivity contribution is 7.17. The number of hydrogen-bond acceptors (Lipinski definition) is 2. The Morgan fingerprint density at radius 3 is 2.94 bits per heavy atom. The molecule has 2 aromatic rings. The van der Waals surface area contributed by atoms with Gasteiger partial charge in [-0.3, -0.25) is 4.79 Å². The summed E-state index contributed by atoms with van der Waals surface area (Å²) in [7, 11) is 1.93. The molecule has 0 aliphatic rings. The van der Waals surface area contributed by atoms with Crippen molar-refractivity contribution in [3.63, 3.8) is 0 Å². The Labute approximate surface area is 99.1 Å². The van der Waals surface area contributed by atoms with Crippen molar-refractivity contribution in [3.05, 3.63) is 23.2 Å². The minimum atomic E-state index is 0.0135. The average molecular weight is 236 g/mol. The number of hydrogen-bond donors (Lipinski definition) is 1. The molecule has 86 valence electrons. The lowest BCUT2D eigenvalue weighted by atomic mass is 10.2. The van der Waals surface area contributed by atoms with Crippen LogP contribution >= 0.6 is 11.3 Å². The average Bonchev–Trinajstić information content (AvgIpc) is 2.78. The Balaban J connectivity index is 2.22. The van der Waals surface area contributed by atoms with Crippen LogP contribution in [0.15, 0.2) is 17.5 Å². The van der Waals surface area contributed by atoms with E-state index in [1.54, 1.807) is 11.3 Å². The number of carbonyl (C=O) groups is 1. The van der Waals surface area contributed by atoms with Crippen LogP contribution in [0.2, 0.25) is 0 Å². The minimum Gasteiger partial charge on any atom is -0.351 e. The third kappa shape index (κ3) is 1.97. The summed E-state index contributed by atoms with van der Waals surface area (Å²) < 4.78 is 3.11. The van der Waals surface area contributed by atoms with E-state index in [0.717, 1.165) is 22.5 Å². The van der Waals surface area contributed by atoms with Crippen LogP contribution in [-0.4, -0.2) is 17.0 Å². The smallest absolute Gasteiger partial charge is 0.267 e. The zero-order chi connectivity index (χ0) is 11.7. The van der Waals surface area contributed by atoms with E-state index in [9.17, 15) is 4.79 Å². The molecule has 0 unspecified atom stereocenters. The molecule has 2 rings (SSSR count). The van der Waals surface area contributed by atoms with Crippen LogP contribution < -0.4 is 5.32 Å². The fourth-order valence-corrected chi connectivity index (χ4v) is 2.50. The fraction of sp³-hybridized carbons (Fsp3) is 0.417. The molecule has 0 saturated heterocycles. The van der Waals surface area contributed by atoms with Gasteiger partial charge in [-0.25, -0.2) is 0 Å². The molecule has 0 atom stereocenters. The van der Waals surface area contributed by atoms with Crippen LogP contribution in [0.4, 0.5) is 0 Å². The fourth-order valence-electron chi connectivity index (χ4n) is 1.66. The largest absolute Gasteiger partial charge is 0.351 e. The maximum absolute atomic E-state index is 11.9. The van der Waals surface area contributed by atoms with Crippen LogP contribution in [0, 0.1) is 5.92 Å². The summed E-state index contributed by atoms with van der Waals surface area (Å²) in [6.07, 6.45) is 0. The number of thiophene rings is 1. The SMILES string of the molecule is CC(C)CNC(=O)c1cc2sccc2n1C. The number of amides is 1. The Morgan fingerprint density at radius 2 is 2.31 bits per heavy atom. The van der Waals surface area contributed by atoms with E-state index >= 15 is 0 Å². The van der Waals surface area contributed by atoms with E-state index in [0.29, 0.717) is 5.92 Å². The van der Waals surface area contributed by atoms with Gasteiger partial charge in [0.25, 0.3) is 5.91 Å². The Bertz CT molecular complexity index is 510. The normalized spacial score (nSPS) is 11.2. The van der Waals surface area contributed by atoms with Gasteiger partial charge in [0.2, 0.25) is 0 Å². The van der Waals surface area contributed by atoms with E-state index in [1.165, 1.54) is 0 Å². The lowest BCUT2D eigenvalue weighted by Crippen LogP contribution is -2.28. The summed E-state index contributed by atoms with van der Waals surface area (Å²) in [4.78, 5) is 11.9. The predicted octanol–water partition coefficient (Wildman–Crippen LogP) is 2.63.